The van der Waals surface area contributed by atoms with Crippen LogP contribution in [-0.4, -0.2) is 41.4 Å². The number of piperidine rings is 1. The fourth-order valence-electron chi connectivity index (χ4n) is 3.56. The highest BCUT2D eigenvalue weighted by atomic mass is 16.3. The quantitative estimate of drug-likeness (QED) is 0.926. The van der Waals surface area contributed by atoms with Gasteiger partial charge in [0.1, 0.15) is 11.3 Å². The zero-order chi connectivity index (χ0) is 18.0. The van der Waals surface area contributed by atoms with E-state index in [1.165, 1.54) is 0 Å². The minimum Gasteiger partial charge on any atom is -0.459 e. The minimum atomic E-state index is -0.408. The molecule has 1 aromatic heterocycles. The Bertz CT molecular complexity index is 729. The summed E-state index contributed by atoms with van der Waals surface area (Å²) in [4.78, 5) is 27.7. The van der Waals surface area contributed by atoms with Crippen molar-refractivity contribution in [3.63, 3.8) is 0 Å². The maximum Gasteiger partial charge on any atom is 0.314 e. The molecular formula is C19H25N3O3. The van der Waals surface area contributed by atoms with Crippen molar-refractivity contribution in [2.24, 2.45) is 11.7 Å². The van der Waals surface area contributed by atoms with Crippen LogP contribution in [0.1, 0.15) is 38.5 Å². The number of rotatable bonds is 4. The molecule has 3 rings (SSSR count). The number of carbonyl (C=O) groups is 2. The van der Waals surface area contributed by atoms with Crippen LogP contribution in [0.15, 0.2) is 34.7 Å². The van der Waals surface area contributed by atoms with Gasteiger partial charge in [-0.25, -0.2) is 4.79 Å². The average Bonchev–Trinajstić information content (AvgIpc) is 3.06. The van der Waals surface area contributed by atoms with Gasteiger partial charge in [0.05, 0.1) is 6.04 Å². The van der Waals surface area contributed by atoms with Gasteiger partial charge in [-0.3, -0.25) is 4.79 Å². The number of nitrogens with two attached hydrogens (primary N) is 1. The summed E-state index contributed by atoms with van der Waals surface area (Å²) in [6.45, 7) is 5.69. The average molecular weight is 343 g/mol. The number of likely N-dealkylation sites (tertiary alicyclic amines) is 1. The van der Waals surface area contributed by atoms with Gasteiger partial charge in [0.15, 0.2) is 0 Å². The van der Waals surface area contributed by atoms with Crippen LogP contribution in [0.2, 0.25) is 0 Å². The van der Waals surface area contributed by atoms with Gasteiger partial charge < -0.3 is 20.0 Å². The summed E-state index contributed by atoms with van der Waals surface area (Å²) in [5, 5.41) is 1.04. The monoisotopic (exact) mass is 343 g/mol. The molecule has 2 heterocycles. The standard InChI is InChI=1S/C19H25N3O3/c1-3-22(18(23)14-8-10-21(11-9-14)19(20)24)13(2)17-12-15-6-4-5-7-16(15)25-17/h4-7,12-14H,3,8-11H2,1-2H3,(H2,20,24)/t13-/m0/s1. The maximum absolute atomic E-state index is 13.0. The van der Waals surface area contributed by atoms with E-state index in [1.54, 1.807) is 4.90 Å². The highest BCUT2D eigenvalue weighted by molar-refractivity contribution is 5.81. The van der Waals surface area contributed by atoms with Crippen LogP contribution in [-0.2, 0) is 4.79 Å². The fraction of sp³-hybridized carbons (Fsp3) is 0.474. The Kier molecular flexibility index (Phi) is 4.97. The van der Waals surface area contributed by atoms with Crippen LogP contribution in [0.4, 0.5) is 4.79 Å². The molecule has 0 saturated carbocycles. The molecule has 0 unspecified atom stereocenters. The van der Waals surface area contributed by atoms with Crippen molar-refractivity contribution in [1.29, 1.82) is 0 Å². The Morgan fingerprint density at radius 2 is 2.00 bits per heavy atom. The molecule has 0 aliphatic carbocycles. The van der Waals surface area contributed by atoms with E-state index in [9.17, 15) is 9.59 Å². The zero-order valence-electron chi connectivity index (χ0n) is 14.8. The molecule has 134 valence electrons. The molecule has 0 spiro atoms. The molecule has 6 heteroatoms. The highest BCUT2D eigenvalue weighted by Gasteiger charge is 2.32. The van der Waals surface area contributed by atoms with Crippen molar-refractivity contribution in [3.05, 3.63) is 36.1 Å². The first kappa shape index (κ1) is 17.3. The van der Waals surface area contributed by atoms with Crippen molar-refractivity contribution in [2.75, 3.05) is 19.6 Å². The molecular weight excluding hydrogens is 318 g/mol. The first-order valence-corrected chi connectivity index (χ1v) is 8.84. The summed E-state index contributed by atoms with van der Waals surface area (Å²) in [6.07, 6.45) is 1.32. The van der Waals surface area contributed by atoms with E-state index >= 15 is 0 Å². The first-order chi connectivity index (χ1) is 12.0. The van der Waals surface area contributed by atoms with Crippen molar-refractivity contribution >= 4 is 22.9 Å². The van der Waals surface area contributed by atoms with Crippen LogP contribution in [0.25, 0.3) is 11.0 Å². The summed E-state index contributed by atoms with van der Waals surface area (Å²) < 4.78 is 5.94. The molecule has 1 saturated heterocycles. The number of nitrogens with zero attached hydrogens (tertiary/aromatic N) is 2. The third-order valence-electron chi connectivity index (χ3n) is 5.10. The van der Waals surface area contributed by atoms with E-state index in [0.717, 1.165) is 16.7 Å². The van der Waals surface area contributed by atoms with E-state index in [0.29, 0.717) is 32.5 Å². The SMILES string of the molecule is CCN(C(=O)C1CCN(C(N)=O)CC1)[C@@H](C)c1cc2ccccc2o1. The van der Waals surface area contributed by atoms with E-state index in [4.69, 9.17) is 10.2 Å². The first-order valence-electron chi connectivity index (χ1n) is 8.84. The topological polar surface area (TPSA) is 79.8 Å². The lowest BCUT2D eigenvalue weighted by atomic mass is 9.94. The van der Waals surface area contributed by atoms with Crippen LogP contribution >= 0.6 is 0 Å². The smallest absolute Gasteiger partial charge is 0.314 e. The van der Waals surface area contributed by atoms with Crippen LogP contribution < -0.4 is 5.73 Å². The maximum atomic E-state index is 13.0. The molecule has 2 N–H and O–H groups in total. The van der Waals surface area contributed by atoms with Crippen LogP contribution in [0, 0.1) is 5.92 Å². The number of urea groups is 1. The second-order valence-electron chi connectivity index (χ2n) is 6.59. The summed E-state index contributed by atoms with van der Waals surface area (Å²) in [6, 6.07) is 9.33. The summed E-state index contributed by atoms with van der Waals surface area (Å²) in [5.74, 6) is 0.855. The number of benzene rings is 1. The number of primary amides is 1. The summed E-state index contributed by atoms with van der Waals surface area (Å²) >= 11 is 0. The van der Waals surface area contributed by atoms with Gasteiger partial charge in [0, 0.05) is 30.9 Å². The molecule has 1 aromatic carbocycles. The lowest BCUT2D eigenvalue weighted by molar-refractivity contribution is -0.139. The molecule has 2 aromatic rings. The Morgan fingerprint density at radius 1 is 1.32 bits per heavy atom. The van der Waals surface area contributed by atoms with E-state index in [1.807, 2.05) is 49.1 Å². The number of para-hydroxylation sites is 1. The van der Waals surface area contributed by atoms with E-state index in [-0.39, 0.29) is 17.9 Å². The zero-order valence-corrected chi connectivity index (χ0v) is 14.8. The van der Waals surface area contributed by atoms with Crippen molar-refractivity contribution < 1.29 is 14.0 Å². The Balaban J connectivity index is 1.72. The number of hydrogen-bond acceptors (Lipinski definition) is 3. The second kappa shape index (κ2) is 7.17. The Hall–Kier alpha value is -2.50. The van der Waals surface area contributed by atoms with Crippen molar-refractivity contribution in [3.8, 4) is 0 Å². The number of furan rings is 1. The van der Waals surface area contributed by atoms with Gasteiger partial charge >= 0.3 is 6.03 Å². The number of hydrogen-bond donors (Lipinski definition) is 1. The molecule has 1 aliphatic rings. The summed E-state index contributed by atoms with van der Waals surface area (Å²) in [5.41, 5.74) is 6.15. The number of amides is 3. The van der Waals surface area contributed by atoms with Crippen LogP contribution in [0.5, 0.6) is 0 Å². The molecule has 0 bridgehead atoms. The van der Waals surface area contributed by atoms with Gasteiger partial charge in [-0.15, -0.1) is 0 Å². The molecule has 0 radical (unpaired) electrons. The number of fused-ring (bicyclic) bond motifs is 1. The normalized spacial score (nSPS) is 16.8. The van der Waals surface area contributed by atoms with Gasteiger partial charge in [-0.2, -0.15) is 0 Å². The molecule has 1 aliphatic heterocycles. The third-order valence-corrected chi connectivity index (χ3v) is 5.10. The third kappa shape index (κ3) is 3.48. The number of carbonyl (C=O) groups excluding carboxylic acids is 2. The fourth-order valence-corrected chi connectivity index (χ4v) is 3.56. The second-order valence-corrected chi connectivity index (χ2v) is 6.59. The lowest BCUT2D eigenvalue weighted by Gasteiger charge is -2.35. The molecule has 1 atom stereocenters. The van der Waals surface area contributed by atoms with E-state index < -0.39 is 6.03 Å². The van der Waals surface area contributed by atoms with Crippen molar-refractivity contribution in [1.82, 2.24) is 9.80 Å². The molecule has 1 fully saturated rings. The largest absolute Gasteiger partial charge is 0.459 e. The van der Waals surface area contributed by atoms with Gasteiger partial charge in [-0.05, 0) is 38.8 Å². The molecule has 3 amide bonds. The minimum absolute atomic E-state index is 0.0672. The van der Waals surface area contributed by atoms with Crippen molar-refractivity contribution in [2.45, 2.75) is 32.7 Å². The van der Waals surface area contributed by atoms with Gasteiger partial charge in [0.2, 0.25) is 5.91 Å². The predicted octanol–water partition coefficient (Wildman–Crippen LogP) is 3.13. The van der Waals surface area contributed by atoms with E-state index in [2.05, 4.69) is 0 Å². The summed E-state index contributed by atoms with van der Waals surface area (Å²) in [7, 11) is 0. The highest BCUT2D eigenvalue weighted by Crippen LogP contribution is 2.30. The Labute approximate surface area is 147 Å². The Morgan fingerprint density at radius 3 is 2.60 bits per heavy atom. The van der Waals surface area contributed by atoms with Gasteiger partial charge in [0.25, 0.3) is 0 Å². The van der Waals surface area contributed by atoms with Gasteiger partial charge in [-0.1, -0.05) is 18.2 Å². The molecule has 6 nitrogen and oxygen atoms in total. The predicted molar refractivity (Wildman–Crippen MR) is 95.9 cm³/mol. The lowest BCUT2D eigenvalue weighted by Crippen LogP contribution is -2.46. The van der Waals surface area contributed by atoms with Crippen LogP contribution in [0.3, 0.4) is 0 Å². The molecule has 25 heavy (non-hydrogen) atoms.